The molecule has 4 N–H and O–H groups in total. The van der Waals surface area contributed by atoms with Crippen molar-refractivity contribution in [3.8, 4) is 5.75 Å². The molecule has 3 aliphatic rings. The first-order valence-electron chi connectivity index (χ1n) is 10.9. The summed E-state index contributed by atoms with van der Waals surface area (Å²) in [5, 5.41) is 12.6. The number of halogens is 2. The second-order valence-corrected chi connectivity index (χ2v) is 9.01. The highest BCUT2D eigenvalue weighted by atomic mass is 19.1. The van der Waals surface area contributed by atoms with Crippen LogP contribution in [0.15, 0.2) is 11.0 Å². The van der Waals surface area contributed by atoms with Gasteiger partial charge in [-0.05, 0) is 25.7 Å². The minimum absolute atomic E-state index is 0.0177. The number of nitrogens with two attached hydrogens (primary N) is 1. The molecule has 172 valence electrons. The highest BCUT2D eigenvalue weighted by Gasteiger charge is 2.39. The number of aromatic carboxylic acids is 1. The maximum absolute atomic E-state index is 15.6. The number of pyridine rings is 1. The fourth-order valence-corrected chi connectivity index (χ4v) is 4.64. The average Bonchev–Trinajstić information content (AvgIpc) is 3.67. The van der Waals surface area contributed by atoms with E-state index in [1.54, 1.807) is 9.47 Å². The predicted molar refractivity (Wildman–Crippen MR) is 116 cm³/mol. The van der Waals surface area contributed by atoms with Crippen LogP contribution in [0.5, 0.6) is 5.75 Å². The van der Waals surface area contributed by atoms with Gasteiger partial charge in [-0.3, -0.25) is 4.79 Å². The molecule has 0 bridgehead atoms. The fourth-order valence-electron chi connectivity index (χ4n) is 4.64. The lowest BCUT2D eigenvalue weighted by Gasteiger charge is -2.25. The molecule has 1 aromatic heterocycles. The number of anilines is 2. The molecule has 2 aliphatic carbocycles. The number of hydrogen-bond acceptors (Lipinski definition) is 6. The molecular formula is C22H26F2N4O4. The zero-order valence-electron chi connectivity index (χ0n) is 17.7. The first-order chi connectivity index (χ1) is 15.3. The van der Waals surface area contributed by atoms with Crippen LogP contribution < -0.4 is 26.1 Å². The number of fused-ring (bicyclic) bond motifs is 1. The first-order valence-corrected chi connectivity index (χ1v) is 10.9. The van der Waals surface area contributed by atoms with Crippen LogP contribution in [0.3, 0.4) is 0 Å². The van der Waals surface area contributed by atoms with E-state index >= 15 is 4.39 Å². The van der Waals surface area contributed by atoms with Gasteiger partial charge in [-0.2, -0.15) is 0 Å². The molecule has 0 spiro atoms. The molecule has 2 saturated carbocycles. The van der Waals surface area contributed by atoms with E-state index in [1.165, 1.54) is 13.3 Å². The molecule has 5 rings (SSSR count). The van der Waals surface area contributed by atoms with Crippen LogP contribution in [0.1, 0.15) is 42.1 Å². The Morgan fingerprint density at radius 3 is 2.62 bits per heavy atom. The van der Waals surface area contributed by atoms with Gasteiger partial charge in [0.1, 0.15) is 17.4 Å². The van der Waals surface area contributed by atoms with Gasteiger partial charge in [0, 0.05) is 43.8 Å². The van der Waals surface area contributed by atoms with Gasteiger partial charge in [-0.1, -0.05) is 0 Å². The van der Waals surface area contributed by atoms with Gasteiger partial charge in [0.2, 0.25) is 5.43 Å². The Hall–Kier alpha value is -2.88. The SMILES string of the molecule is COc1c(N2CC(F)C(CNC3CC3)C2)c(F)c(N)c2c(=O)c(C(=O)O)cn(C3CC3)c12. The summed E-state index contributed by atoms with van der Waals surface area (Å²) in [5.74, 6) is -2.52. The van der Waals surface area contributed by atoms with Crippen LogP contribution in [0, 0.1) is 11.7 Å². The van der Waals surface area contributed by atoms with E-state index < -0.39 is 34.6 Å². The molecule has 8 nitrogen and oxygen atoms in total. The molecule has 2 aromatic rings. The summed E-state index contributed by atoms with van der Waals surface area (Å²) < 4.78 is 37.6. The lowest BCUT2D eigenvalue weighted by Crippen LogP contribution is -2.30. The van der Waals surface area contributed by atoms with E-state index in [-0.39, 0.29) is 47.4 Å². The number of ether oxygens (including phenoxy) is 1. The number of rotatable bonds is 7. The Kier molecular flexibility index (Phi) is 4.99. The van der Waals surface area contributed by atoms with Crippen molar-refractivity contribution in [2.45, 2.75) is 43.9 Å². The van der Waals surface area contributed by atoms with Crippen molar-refractivity contribution in [2.24, 2.45) is 5.92 Å². The van der Waals surface area contributed by atoms with Crippen molar-refractivity contribution in [3.05, 3.63) is 27.8 Å². The second-order valence-electron chi connectivity index (χ2n) is 9.01. The Morgan fingerprint density at radius 2 is 2.03 bits per heavy atom. The van der Waals surface area contributed by atoms with Crippen molar-refractivity contribution in [1.82, 2.24) is 9.88 Å². The Bertz CT molecular complexity index is 1160. The van der Waals surface area contributed by atoms with Gasteiger partial charge < -0.3 is 30.4 Å². The Morgan fingerprint density at radius 1 is 1.31 bits per heavy atom. The second kappa shape index (κ2) is 7.61. The number of nitrogens with zero attached hydrogens (tertiary/aromatic N) is 2. The van der Waals surface area contributed by atoms with Crippen molar-refractivity contribution in [1.29, 1.82) is 0 Å². The quantitative estimate of drug-likeness (QED) is 0.558. The zero-order chi connectivity index (χ0) is 22.7. The van der Waals surface area contributed by atoms with Gasteiger partial charge in [-0.15, -0.1) is 0 Å². The normalized spacial score (nSPS) is 23.2. The van der Waals surface area contributed by atoms with Crippen LogP contribution in [-0.4, -0.2) is 54.6 Å². The molecule has 2 atom stereocenters. The van der Waals surface area contributed by atoms with Crippen LogP contribution in [0.25, 0.3) is 10.9 Å². The highest BCUT2D eigenvalue weighted by molar-refractivity contribution is 6.03. The van der Waals surface area contributed by atoms with Crippen molar-refractivity contribution >= 4 is 28.2 Å². The van der Waals surface area contributed by atoms with E-state index in [0.717, 1.165) is 25.7 Å². The third-order valence-corrected chi connectivity index (χ3v) is 6.68. The number of methoxy groups -OCH3 is 1. The number of nitrogen functional groups attached to an aromatic ring is 1. The van der Waals surface area contributed by atoms with E-state index in [9.17, 15) is 19.1 Å². The number of alkyl halides is 1. The third-order valence-electron chi connectivity index (χ3n) is 6.68. The molecule has 1 aliphatic heterocycles. The third kappa shape index (κ3) is 3.37. The summed E-state index contributed by atoms with van der Waals surface area (Å²) >= 11 is 0. The molecule has 0 amide bonds. The van der Waals surface area contributed by atoms with Gasteiger partial charge in [0.05, 0.1) is 23.7 Å². The summed E-state index contributed by atoms with van der Waals surface area (Å²) in [4.78, 5) is 26.1. The minimum atomic E-state index is -1.40. The fraction of sp³-hybridized carbons (Fsp3) is 0.545. The van der Waals surface area contributed by atoms with Crippen molar-refractivity contribution in [2.75, 3.05) is 37.4 Å². The largest absolute Gasteiger partial charge is 0.492 e. The van der Waals surface area contributed by atoms with Crippen LogP contribution in [0.4, 0.5) is 20.2 Å². The summed E-state index contributed by atoms with van der Waals surface area (Å²) in [5.41, 5.74) is 4.59. The molecule has 32 heavy (non-hydrogen) atoms. The lowest BCUT2D eigenvalue weighted by molar-refractivity contribution is 0.0695. The molecule has 2 unspecified atom stereocenters. The summed E-state index contributed by atoms with van der Waals surface area (Å²) in [7, 11) is 1.36. The molecule has 3 fully saturated rings. The molecule has 2 heterocycles. The number of carboxylic acid groups (broad SMARTS) is 1. The van der Waals surface area contributed by atoms with Gasteiger partial charge >= 0.3 is 5.97 Å². The Balaban J connectivity index is 1.66. The van der Waals surface area contributed by atoms with E-state index in [2.05, 4.69) is 5.32 Å². The van der Waals surface area contributed by atoms with E-state index in [1.807, 2.05) is 0 Å². The molecule has 10 heteroatoms. The standard InChI is InChI=1S/C22H26F2N4O4/c1-32-21-18-15(20(29)13(22(30)31)8-28(18)12-4-5-12)17(25)16(24)19(21)27-7-10(14(23)9-27)6-26-11-2-3-11/h8,10-12,14,26H,2-7,9,25H2,1H3,(H,30,31). The maximum atomic E-state index is 15.6. The monoisotopic (exact) mass is 448 g/mol. The topological polar surface area (TPSA) is 110 Å². The summed E-state index contributed by atoms with van der Waals surface area (Å²) in [6, 6.07) is 0.404. The van der Waals surface area contributed by atoms with Gasteiger partial charge in [-0.25, -0.2) is 13.6 Å². The van der Waals surface area contributed by atoms with Crippen LogP contribution in [-0.2, 0) is 0 Å². The Labute approximate surface area is 182 Å². The minimum Gasteiger partial charge on any atom is -0.492 e. The summed E-state index contributed by atoms with van der Waals surface area (Å²) in [6.07, 6.45) is 3.89. The maximum Gasteiger partial charge on any atom is 0.341 e. The smallest absolute Gasteiger partial charge is 0.341 e. The van der Waals surface area contributed by atoms with E-state index in [0.29, 0.717) is 12.6 Å². The van der Waals surface area contributed by atoms with Crippen LogP contribution in [0.2, 0.25) is 0 Å². The number of carboxylic acids is 1. The number of benzene rings is 1. The zero-order valence-corrected chi connectivity index (χ0v) is 17.7. The molecule has 1 saturated heterocycles. The van der Waals surface area contributed by atoms with Gasteiger partial charge in [0.25, 0.3) is 0 Å². The molecule has 0 radical (unpaired) electrons. The highest BCUT2D eigenvalue weighted by Crippen LogP contribution is 2.47. The van der Waals surface area contributed by atoms with Crippen molar-refractivity contribution < 1.29 is 23.4 Å². The lowest BCUT2D eigenvalue weighted by atomic mass is 10.1. The molecule has 1 aromatic carbocycles. The number of hydrogen-bond donors (Lipinski definition) is 3. The molecular weight excluding hydrogens is 422 g/mol. The number of aromatic nitrogens is 1. The summed E-state index contributed by atoms with van der Waals surface area (Å²) in [6.45, 7) is 0.764. The van der Waals surface area contributed by atoms with Crippen molar-refractivity contribution in [3.63, 3.8) is 0 Å². The van der Waals surface area contributed by atoms with E-state index in [4.69, 9.17) is 10.5 Å². The number of carbonyl (C=O) groups is 1. The first kappa shape index (κ1) is 21.0. The average molecular weight is 448 g/mol. The number of nitrogens with one attached hydrogen (secondary N) is 1. The van der Waals surface area contributed by atoms with Gasteiger partial charge in [0.15, 0.2) is 11.6 Å². The predicted octanol–water partition coefficient (Wildman–Crippen LogP) is 2.29. The van der Waals surface area contributed by atoms with Crippen LogP contribution >= 0.6 is 0 Å².